The van der Waals surface area contributed by atoms with Crippen molar-refractivity contribution in [3.63, 3.8) is 0 Å². The maximum Gasteiger partial charge on any atom is 0.279 e. The van der Waals surface area contributed by atoms with Gasteiger partial charge in [0.2, 0.25) is 0 Å². The van der Waals surface area contributed by atoms with Gasteiger partial charge in [0.1, 0.15) is 5.75 Å². The fourth-order valence-electron chi connectivity index (χ4n) is 1.76. The van der Waals surface area contributed by atoms with Crippen LogP contribution in [-0.4, -0.2) is 18.4 Å². The van der Waals surface area contributed by atoms with Crippen LogP contribution in [-0.2, 0) is 4.79 Å². The molecule has 22 heavy (non-hydrogen) atoms. The summed E-state index contributed by atoms with van der Waals surface area (Å²) < 4.78 is 5.35. The Kier molecular flexibility index (Phi) is 5.16. The molecule has 1 aromatic carbocycles. The third-order valence-corrected chi connectivity index (χ3v) is 4.22. The van der Waals surface area contributed by atoms with Crippen LogP contribution in [0.25, 0.3) is 0 Å². The Morgan fingerprint density at radius 3 is 2.55 bits per heavy atom. The van der Waals surface area contributed by atoms with E-state index in [0.717, 1.165) is 16.0 Å². The molecule has 0 saturated carbocycles. The normalized spacial score (nSPS) is 10.1. The molecule has 0 spiro atoms. The van der Waals surface area contributed by atoms with Gasteiger partial charge in [-0.15, -0.1) is 11.3 Å². The average Bonchev–Trinajstić information content (AvgIpc) is 2.82. The Balaban J connectivity index is 1.79. The zero-order valence-corrected chi connectivity index (χ0v) is 13.5. The topological polar surface area (TPSA) is 67.4 Å². The molecule has 0 radical (unpaired) electrons. The average molecular weight is 318 g/mol. The van der Waals surface area contributed by atoms with Gasteiger partial charge in [-0.1, -0.05) is 12.1 Å². The molecular formula is C16H18N2O3S. The first-order valence-corrected chi connectivity index (χ1v) is 7.63. The van der Waals surface area contributed by atoms with Crippen LogP contribution < -0.4 is 15.6 Å². The lowest BCUT2D eigenvalue weighted by Crippen LogP contribution is -2.43. The Hall–Kier alpha value is -2.34. The van der Waals surface area contributed by atoms with Crippen LogP contribution >= 0.6 is 11.3 Å². The Bertz CT molecular complexity index is 675. The van der Waals surface area contributed by atoms with Crippen LogP contribution in [0.1, 0.15) is 25.7 Å². The second kappa shape index (κ2) is 7.09. The van der Waals surface area contributed by atoms with Crippen molar-refractivity contribution in [2.75, 3.05) is 6.61 Å². The number of hydrogen-bond acceptors (Lipinski definition) is 4. The number of nitrogens with one attached hydrogen (secondary N) is 2. The van der Waals surface area contributed by atoms with Crippen molar-refractivity contribution in [1.29, 1.82) is 0 Å². The Morgan fingerprint density at radius 1 is 1.14 bits per heavy atom. The van der Waals surface area contributed by atoms with E-state index >= 15 is 0 Å². The monoisotopic (exact) mass is 318 g/mol. The van der Waals surface area contributed by atoms with E-state index in [2.05, 4.69) is 10.9 Å². The van der Waals surface area contributed by atoms with E-state index in [4.69, 9.17) is 4.74 Å². The first-order chi connectivity index (χ1) is 10.5. The second-order valence-electron chi connectivity index (χ2n) is 4.96. The SMILES string of the molecule is Cc1cccc(OCC(=O)NNC(=O)c2cc(C)c(C)s2)c1. The largest absolute Gasteiger partial charge is 0.484 e. The highest BCUT2D eigenvalue weighted by Gasteiger charge is 2.11. The summed E-state index contributed by atoms with van der Waals surface area (Å²) in [6.45, 7) is 5.67. The molecule has 2 aromatic rings. The quantitative estimate of drug-likeness (QED) is 0.851. The molecule has 0 saturated heterocycles. The molecule has 116 valence electrons. The van der Waals surface area contributed by atoms with Gasteiger partial charge in [-0.25, -0.2) is 0 Å². The third kappa shape index (κ3) is 4.33. The highest BCUT2D eigenvalue weighted by molar-refractivity contribution is 7.14. The lowest BCUT2D eigenvalue weighted by atomic mass is 10.2. The number of thiophene rings is 1. The summed E-state index contributed by atoms with van der Waals surface area (Å²) in [5, 5.41) is 0. The van der Waals surface area contributed by atoms with Crippen molar-refractivity contribution < 1.29 is 14.3 Å². The summed E-state index contributed by atoms with van der Waals surface area (Å²) in [6, 6.07) is 9.20. The zero-order valence-electron chi connectivity index (χ0n) is 12.7. The number of carbonyl (C=O) groups excluding carboxylic acids is 2. The van der Waals surface area contributed by atoms with Crippen LogP contribution in [0.2, 0.25) is 0 Å². The maximum atomic E-state index is 11.9. The summed E-state index contributed by atoms with van der Waals surface area (Å²) in [5.41, 5.74) is 6.83. The number of hydrazine groups is 1. The van der Waals surface area contributed by atoms with Crippen molar-refractivity contribution >= 4 is 23.2 Å². The molecule has 0 unspecified atom stereocenters. The molecule has 2 amide bonds. The van der Waals surface area contributed by atoms with Gasteiger partial charge < -0.3 is 4.74 Å². The molecule has 0 aliphatic heterocycles. The molecule has 0 aliphatic rings. The van der Waals surface area contributed by atoms with Gasteiger partial charge in [0.05, 0.1) is 4.88 Å². The van der Waals surface area contributed by atoms with Crippen LogP contribution in [0.5, 0.6) is 5.75 Å². The summed E-state index contributed by atoms with van der Waals surface area (Å²) >= 11 is 1.39. The Labute approximate surface area is 133 Å². The number of amides is 2. The van der Waals surface area contributed by atoms with Crippen molar-refractivity contribution in [3.05, 3.63) is 51.2 Å². The van der Waals surface area contributed by atoms with Gasteiger partial charge in [-0.05, 0) is 50.1 Å². The third-order valence-electron chi connectivity index (χ3n) is 3.06. The summed E-state index contributed by atoms with van der Waals surface area (Å²) in [6.07, 6.45) is 0. The first-order valence-electron chi connectivity index (χ1n) is 6.81. The van der Waals surface area contributed by atoms with E-state index in [1.165, 1.54) is 11.3 Å². The van der Waals surface area contributed by atoms with E-state index in [1.807, 2.05) is 39.0 Å². The van der Waals surface area contributed by atoms with Gasteiger partial charge in [0.15, 0.2) is 6.61 Å². The van der Waals surface area contributed by atoms with Gasteiger partial charge in [-0.3, -0.25) is 20.4 Å². The Morgan fingerprint density at radius 2 is 1.91 bits per heavy atom. The van der Waals surface area contributed by atoms with Crippen molar-refractivity contribution in [3.8, 4) is 5.75 Å². The lowest BCUT2D eigenvalue weighted by molar-refractivity contribution is -0.123. The molecular weight excluding hydrogens is 300 g/mol. The molecule has 2 N–H and O–H groups in total. The fraction of sp³-hybridized carbons (Fsp3) is 0.250. The van der Waals surface area contributed by atoms with Crippen LogP contribution in [0, 0.1) is 20.8 Å². The molecule has 0 aliphatic carbocycles. The van der Waals surface area contributed by atoms with Crippen molar-refractivity contribution in [2.24, 2.45) is 0 Å². The smallest absolute Gasteiger partial charge is 0.279 e. The summed E-state index contributed by atoms with van der Waals surface area (Å²) in [4.78, 5) is 25.2. The van der Waals surface area contributed by atoms with Gasteiger partial charge >= 0.3 is 0 Å². The highest BCUT2D eigenvalue weighted by Crippen LogP contribution is 2.20. The number of rotatable bonds is 4. The number of ether oxygens (including phenoxy) is 1. The zero-order chi connectivity index (χ0) is 16.1. The number of hydrogen-bond donors (Lipinski definition) is 2. The van der Waals surface area contributed by atoms with E-state index in [9.17, 15) is 9.59 Å². The lowest BCUT2D eigenvalue weighted by Gasteiger charge is -2.08. The van der Waals surface area contributed by atoms with Gasteiger partial charge in [0.25, 0.3) is 11.8 Å². The highest BCUT2D eigenvalue weighted by atomic mass is 32.1. The molecule has 0 fully saturated rings. The molecule has 1 aromatic heterocycles. The van der Waals surface area contributed by atoms with Crippen molar-refractivity contribution in [2.45, 2.75) is 20.8 Å². The minimum atomic E-state index is -0.417. The van der Waals surface area contributed by atoms with E-state index in [-0.39, 0.29) is 12.5 Å². The van der Waals surface area contributed by atoms with E-state index in [1.54, 1.807) is 12.1 Å². The molecule has 0 bridgehead atoms. The summed E-state index contributed by atoms with van der Waals surface area (Å²) in [7, 11) is 0. The van der Waals surface area contributed by atoms with Gasteiger partial charge in [-0.2, -0.15) is 0 Å². The molecule has 0 atom stereocenters. The van der Waals surface area contributed by atoms with E-state index in [0.29, 0.717) is 10.6 Å². The van der Waals surface area contributed by atoms with Crippen LogP contribution in [0.4, 0.5) is 0 Å². The number of benzene rings is 1. The second-order valence-corrected chi connectivity index (χ2v) is 6.21. The number of aryl methyl sites for hydroxylation is 3. The fourth-order valence-corrected chi connectivity index (χ4v) is 2.69. The predicted octanol–water partition coefficient (Wildman–Crippen LogP) is 2.51. The summed E-state index contributed by atoms with van der Waals surface area (Å²) in [5.74, 6) is -0.129. The predicted molar refractivity (Wildman–Crippen MR) is 86.1 cm³/mol. The minimum absolute atomic E-state index is 0.160. The first kappa shape index (κ1) is 16.0. The van der Waals surface area contributed by atoms with Crippen molar-refractivity contribution in [1.82, 2.24) is 10.9 Å². The van der Waals surface area contributed by atoms with Crippen LogP contribution in [0.15, 0.2) is 30.3 Å². The molecule has 5 nitrogen and oxygen atoms in total. The molecule has 2 rings (SSSR count). The van der Waals surface area contributed by atoms with Gasteiger partial charge in [0, 0.05) is 4.88 Å². The molecule has 1 heterocycles. The standard InChI is InChI=1S/C16H18N2O3S/c1-10-5-4-6-13(7-10)21-9-15(19)17-18-16(20)14-8-11(2)12(3)22-14/h4-8H,9H2,1-3H3,(H,17,19)(H,18,20). The molecule has 6 heteroatoms. The van der Waals surface area contributed by atoms with Crippen LogP contribution in [0.3, 0.4) is 0 Å². The van der Waals surface area contributed by atoms with E-state index < -0.39 is 5.91 Å². The minimum Gasteiger partial charge on any atom is -0.484 e. The maximum absolute atomic E-state index is 11.9. The number of carbonyl (C=O) groups is 2.